The highest BCUT2D eigenvalue weighted by Gasteiger charge is 2.29. The van der Waals surface area contributed by atoms with Crippen LogP contribution in [0.15, 0.2) is 0 Å². The van der Waals surface area contributed by atoms with Gasteiger partial charge in [-0.2, -0.15) is 0 Å². The van der Waals surface area contributed by atoms with E-state index in [4.69, 9.17) is 0 Å². The molecule has 0 radical (unpaired) electrons. The first kappa shape index (κ1) is 24.7. The molecular formula is C23H38N4O2. The summed E-state index contributed by atoms with van der Waals surface area (Å²) in [5.41, 5.74) is -0.0636. The Morgan fingerprint density at radius 2 is 1.48 bits per heavy atom. The summed E-state index contributed by atoms with van der Waals surface area (Å²) in [6.45, 7) is 16.3. The second-order valence-corrected chi connectivity index (χ2v) is 9.45. The lowest BCUT2D eigenvalue weighted by Crippen LogP contribution is -2.43. The van der Waals surface area contributed by atoms with E-state index >= 15 is 0 Å². The van der Waals surface area contributed by atoms with Crippen LogP contribution >= 0.6 is 0 Å². The van der Waals surface area contributed by atoms with Crippen LogP contribution in [0.3, 0.4) is 0 Å². The van der Waals surface area contributed by atoms with Crippen LogP contribution in [0, 0.1) is 11.8 Å². The van der Waals surface area contributed by atoms with Crippen LogP contribution in [0.5, 0.6) is 0 Å². The lowest BCUT2D eigenvalue weighted by molar-refractivity contribution is 0.0901. The normalized spacial score (nSPS) is 11.6. The van der Waals surface area contributed by atoms with Crippen LogP contribution in [-0.4, -0.2) is 32.4 Å². The fourth-order valence-electron chi connectivity index (χ4n) is 2.69. The van der Waals surface area contributed by atoms with E-state index in [1.807, 2.05) is 41.5 Å². The maximum Gasteiger partial charge on any atom is 0.287 e. The molecular weight excluding hydrogens is 364 g/mol. The van der Waals surface area contributed by atoms with E-state index in [0.29, 0.717) is 17.9 Å². The molecule has 0 aromatic carbocycles. The summed E-state index contributed by atoms with van der Waals surface area (Å²) in [6.07, 6.45) is 4.56. The number of rotatable bonds is 7. The van der Waals surface area contributed by atoms with E-state index in [1.165, 1.54) is 0 Å². The van der Waals surface area contributed by atoms with Gasteiger partial charge in [0.15, 0.2) is 0 Å². The monoisotopic (exact) mass is 402 g/mol. The second-order valence-electron chi connectivity index (χ2n) is 9.45. The van der Waals surface area contributed by atoms with Gasteiger partial charge in [0.05, 0.1) is 0 Å². The highest BCUT2D eigenvalue weighted by Crippen LogP contribution is 2.16. The molecule has 0 atom stereocenters. The van der Waals surface area contributed by atoms with Crippen molar-refractivity contribution < 1.29 is 9.59 Å². The fourth-order valence-corrected chi connectivity index (χ4v) is 2.69. The molecule has 1 aromatic rings. The van der Waals surface area contributed by atoms with Crippen molar-refractivity contribution in [3.05, 3.63) is 17.2 Å². The zero-order chi connectivity index (χ0) is 22.2. The predicted molar refractivity (Wildman–Crippen MR) is 118 cm³/mol. The molecule has 6 heteroatoms. The van der Waals surface area contributed by atoms with Gasteiger partial charge in [0.1, 0.15) is 11.4 Å². The van der Waals surface area contributed by atoms with Crippen LogP contribution in [0.4, 0.5) is 0 Å². The summed E-state index contributed by atoms with van der Waals surface area (Å²) in [5, 5.41) is 5.95. The zero-order valence-electron chi connectivity index (χ0n) is 19.5. The summed E-state index contributed by atoms with van der Waals surface area (Å²) < 4.78 is 1.73. The third-order valence-electron chi connectivity index (χ3n) is 3.96. The van der Waals surface area contributed by atoms with Gasteiger partial charge in [-0.05, 0) is 60.3 Å². The number of carbonyl (C=O) groups is 2. The number of carbonyl (C=O) groups excluding carboxylic acids is 2. The second kappa shape index (κ2) is 10.5. The Morgan fingerprint density at radius 1 is 0.931 bits per heavy atom. The summed E-state index contributed by atoms with van der Waals surface area (Å²) in [4.78, 5) is 30.5. The lowest BCUT2D eigenvalue weighted by Gasteiger charge is -2.22. The number of unbranched alkanes of at least 4 members (excludes halogenated alkanes) is 3. The van der Waals surface area contributed by atoms with Gasteiger partial charge in [-0.25, -0.2) is 4.98 Å². The quantitative estimate of drug-likeness (QED) is 0.528. The molecule has 0 saturated carbocycles. The molecule has 0 spiro atoms. The maximum atomic E-state index is 13.1. The van der Waals surface area contributed by atoms with Crippen LogP contribution in [-0.2, 0) is 6.54 Å². The average Bonchev–Trinajstić information content (AvgIpc) is 2.92. The van der Waals surface area contributed by atoms with Gasteiger partial charge in [0.2, 0.25) is 5.82 Å². The topological polar surface area (TPSA) is 76.0 Å². The molecule has 0 bridgehead atoms. The summed E-state index contributed by atoms with van der Waals surface area (Å²) in [7, 11) is 0. The molecule has 2 amide bonds. The van der Waals surface area contributed by atoms with E-state index < -0.39 is 11.1 Å². The minimum absolute atomic E-state index is 0.243. The fraction of sp³-hybridized carbons (Fsp3) is 0.696. The van der Waals surface area contributed by atoms with E-state index in [2.05, 4.69) is 41.3 Å². The molecule has 162 valence electrons. The van der Waals surface area contributed by atoms with Gasteiger partial charge >= 0.3 is 0 Å². The Bertz CT molecular complexity index is 768. The van der Waals surface area contributed by atoms with Gasteiger partial charge < -0.3 is 15.2 Å². The predicted octanol–water partition coefficient (Wildman–Crippen LogP) is 4.28. The molecule has 1 heterocycles. The van der Waals surface area contributed by atoms with E-state index in [-0.39, 0.29) is 17.6 Å². The van der Waals surface area contributed by atoms with Crippen LogP contribution in [0.2, 0.25) is 0 Å². The number of hydrogen-bond acceptors (Lipinski definition) is 3. The third-order valence-corrected chi connectivity index (χ3v) is 3.96. The van der Waals surface area contributed by atoms with Crippen LogP contribution in [0.1, 0.15) is 114 Å². The smallest absolute Gasteiger partial charge is 0.287 e. The Labute approximate surface area is 176 Å². The molecule has 0 unspecified atom stereocenters. The van der Waals surface area contributed by atoms with Crippen LogP contribution in [0.25, 0.3) is 0 Å². The summed E-state index contributed by atoms with van der Waals surface area (Å²) >= 11 is 0. The Hall–Kier alpha value is -2.29. The third kappa shape index (κ3) is 8.31. The molecule has 0 aliphatic rings. The SMILES string of the molecule is CCCCC#Cc1nc(C(=O)NC(C)(C)C)n(CCCC)c1C(=O)NC(C)(C)C. The number of nitrogens with zero attached hydrogens (tertiary/aromatic N) is 2. The van der Waals surface area contributed by atoms with Crippen molar-refractivity contribution in [3.63, 3.8) is 0 Å². The Kier molecular flexibility index (Phi) is 8.94. The van der Waals surface area contributed by atoms with Crippen molar-refractivity contribution in [2.24, 2.45) is 0 Å². The number of aromatic nitrogens is 2. The summed E-state index contributed by atoms with van der Waals surface area (Å²) in [5.74, 6) is 5.85. The standard InChI is InChI=1S/C23H38N4O2/c1-9-11-13-14-15-17-18(20(28)25-22(3,4)5)27(16-12-10-2)19(24-17)21(29)26-23(6,7)8/h9-13,16H2,1-8H3,(H,25,28)(H,26,29). The molecule has 1 rings (SSSR count). The largest absolute Gasteiger partial charge is 0.346 e. The van der Waals surface area contributed by atoms with Crippen molar-refractivity contribution in [1.29, 1.82) is 0 Å². The first-order chi connectivity index (χ1) is 13.4. The van der Waals surface area contributed by atoms with Crippen molar-refractivity contribution in [2.45, 2.75) is 105 Å². The van der Waals surface area contributed by atoms with E-state index in [9.17, 15) is 9.59 Å². The molecule has 0 aliphatic carbocycles. The van der Waals surface area contributed by atoms with Crippen molar-refractivity contribution >= 4 is 11.8 Å². The summed E-state index contributed by atoms with van der Waals surface area (Å²) in [6, 6.07) is 0. The average molecular weight is 403 g/mol. The van der Waals surface area contributed by atoms with Crippen molar-refractivity contribution in [3.8, 4) is 11.8 Å². The maximum absolute atomic E-state index is 13.1. The molecule has 0 fully saturated rings. The first-order valence-corrected chi connectivity index (χ1v) is 10.6. The highest BCUT2D eigenvalue weighted by molar-refractivity contribution is 5.98. The van der Waals surface area contributed by atoms with Gasteiger partial charge in [0.25, 0.3) is 11.8 Å². The van der Waals surface area contributed by atoms with Crippen molar-refractivity contribution in [2.75, 3.05) is 0 Å². The van der Waals surface area contributed by atoms with Gasteiger partial charge in [-0.3, -0.25) is 9.59 Å². The number of nitrogens with one attached hydrogen (secondary N) is 2. The van der Waals surface area contributed by atoms with E-state index in [0.717, 1.165) is 32.1 Å². The van der Waals surface area contributed by atoms with Gasteiger partial charge in [-0.15, -0.1) is 0 Å². The minimum Gasteiger partial charge on any atom is -0.346 e. The lowest BCUT2D eigenvalue weighted by atomic mass is 10.1. The van der Waals surface area contributed by atoms with Crippen molar-refractivity contribution in [1.82, 2.24) is 20.2 Å². The molecule has 0 saturated heterocycles. The minimum atomic E-state index is -0.405. The number of amides is 2. The first-order valence-electron chi connectivity index (χ1n) is 10.6. The van der Waals surface area contributed by atoms with Gasteiger partial charge in [0, 0.05) is 24.0 Å². The number of imidazole rings is 1. The Balaban J connectivity index is 3.52. The molecule has 2 N–H and O–H groups in total. The van der Waals surface area contributed by atoms with Crippen LogP contribution < -0.4 is 10.6 Å². The number of hydrogen-bond donors (Lipinski definition) is 2. The molecule has 29 heavy (non-hydrogen) atoms. The van der Waals surface area contributed by atoms with Gasteiger partial charge in [-0.1, -0.05) is 32.6 Å². The zero-order valence-corrected chi connectivity index (χ0v) is 19.5. The molecule has 1 aromatic heterocycles. The highest BCUT2D eigenvalue weighted by atomic mass is 16.2. The Morgan fingerprint density at radius 3 is 2.00 bits per heavy atom. The van der Waals surface area contributed by atoms with E-state index in [1.54, 1.807) is 4.57 Å². The molecule has 0 aliphatic heterocycles. The molecule has 6 nitrogen and oxygen atoms in total.